The maximum Gasteiger partial charge on any atom is 0.253 e. The summed E-state index contributed by atoms with van der Waals surface area (Å²) >= 11 is 0. The maximum absolute atomic E-state index is 11.3. The van der Waals surface area contributed by atoms with E-state index in [1.165, 1.54) is 6.92 Å². The van der Waals surface area contributed by atoms with Crippen LogP contribution in [0.2, 0.25) is 0 Å². The van der Waals surface area contributed by atoms with Crippen molar-refractivity contribution in [2.75, 3.05) is 0 Å². The van der Waals surface area contributed by atoms with Crippen molar-refractivity contribution in [2.45, 2.75) is 53.1 Å². The Morgan fingerprint density at radius 2 is 1.29 bits per heavy atom. The van der Waals surface area contributed by atoms with Crippen molar-refractivity contribution < 1.29 is 19.1 Å². The number of ketones is 2. The summed E-state index contributed by atoms with van der Waals surface area (Å²) in [4.78, 5) is 22.2. The molecule has 0 bridgehead atoms. The van der Waals surface area contributed by atoms with Crippen LogP contribution in [0.15, 0.2) is 0 Å². The lowest BCUT2D eigenvalue weighted by Gasteiger charge is -2.20. The first-order valence-corrected chi connectivity index (χ1v) is 4.70. The Kier molecular flexibility index (Phi) is 5.57. The zero-order valence-electron chi connectivity index (χ0n) is 9.37. The Morgan fingerprint density at radius 1 is 0.929 bits per heavy atom. The first kappa shape index (κ1) is 13.3. The molecule has 4 heteroatoms. The normalized spacial score (nSPS) is 11.4. The molecule has 4 nitrogen and oxygen atoms in total. The molecule has 0 atom stereocenters. The fraction of sp³-hybridized carbons (Fsp3) is 0.800. The maximum atomic E-state index is 11.3. The Bertz CT molecular complexity index is 198. The van der Waals surface area contributed by atoms with Gasteiger partial charge in [-0.15, -0.1) is 0 Å². The molecule has 0 aliphatic carbocycles. The van der Waals surface area contributed by atoms with Gasteiger partial charge < -0.3 is 9.47 Å². The molecule has 0 unspecified atom stereocenters. The van der Waals surface area contributed by atoms with Gasteiger partial charge in [0.25, 0.3) is 5.78 Å². The SMILES string of the molecule is CC(=O)C(=O)C(OC(C)C)OC(C)C. The van der Waals surface area contributed by atoms with Crippen LogP contribution in [0.3, 0.4) is 0 Å². The quantitative estimate of drug-likeness (QED) is 0.481. The Labute approximate surface area is 84.6 Å². The van der Waals surface area contributed by atoms with Crippen molar-refractivity contribution in [3.05, 3.63) is 0 Å². The highest BCUT2D eigenvalue weighted by atomic mass is 16.7. The molecule has 0 aliphatic heterocycles. The number of carbonyl (C=O) groups is 2. The van der Waals surface area contributed by atoms with Crippen LogP contribution in [0.4, 0.5) is 0 Å². The van der Waals surface area contributed by atoms with Crippen LogP contribution in [0.5, 0.6) is 0 Å². The standard InChI is InChI=1S/C10H18O4/c1-6(2)13-10(14-7(3)4)9(12)8(5)11/h6-7,10H,1-5H3. The average molecular weight is 202 g/mol. The van der Waals surface area contributed by atoms with E-state index in [1.807, 2.05) is 0 Å². The molecular formula is C10H18O4. The fourth-order valence-corrected chi connectivity index (χ4v) is 0.816. The Balaban J connectivity index is 4.38. The molecule has 0 aromatic carbocycles. The molecule has 0 aliphatic rings. The van der Waals surface area contributed by atoms with E-state index in [4.69, 9.17) is 9.47 Å². The average Bonchev–Trinajstić information content (AvgIpc) is 1.99. The third kappa shape index (κ3) is 5.09. The summed E-state index contributed by atoms with van der Waals surface area (Å²) in [6.07, 6.45) is -1.36. The largest absolute Gasteiger partial charge is 0.343 e. The van der Waals surface area contributed by atoms with Gasteiger partial charge in [-0.3, -0.25) is 9.59 Å². The summed E-state index contributed by atoms with van der Waals surface area (Å²) in [6, 6.07) is 0. The fourth-order valence-electron chi connectivity index (χ4n) is 0.816. The third-order valence-electron chi connectivity index (χ3n) is 1.35. The van der Waals surface area contributed by atoms with Crippen molar-refractivity contribution in [3.8, 4) is 0 Å². The van der Waals surface area contributed by atoms with Gasteiger partial charge in [-0.25, -0.2) is 0 Å². The summed E-state index contributed by atoms with van der Waals surface area (Å²) in [5, 5.41) is 0. The third-order valence-corrected chi connectivity index (χ3v) is 1.35. The molecule has 0 heterocycles. The lowest BCUT2D eigenvalue weighted by atomic mass is 10.2. The summed E-state index contributed by atoms with van der Waals surface area (Å²) < 4.78 is 10.4. The van der Waals surface area contributed by atoms with Crippen molar-refractivity contribution in [1.29, 1.82) is 0 Å². The second-order valence-electron chi connectivity index (χ2n) is 3.62. The van der Waals surface area contributed by atoms with E-state index in [9.17, 15) is 9.59 Å². The lowest BCUT2D eigenvalue weighted by molar-refractivity contribution is -0.190. The van der Waals surface area contributed by atoms with Crippen LogP contribution in [-0.4, -0.2) is 30.1 Å². The minimum absolute atomic E-state index is 0.151. The Hall–Kier alpha value is -0.740. The smallest absolute Gasteiger partial charge is 0.253 e. The molecule has 0 rings (SSSR count). The molecule has 0 amide bonds. The van der Waals surface area contributed by atoms with E-state index in [-0.39, 0.29) is 12.2 Å². The Morgan fingerprint density at radius 3 is 1.50 bits per heavy atom. The second-order valence-corrected chi connectivity index (χ2v) is 3.62. The monoisotopic (exact) mass is 202 g/mol. The first-order valence-electron chi connectivity index (χ1n) is 4.70. The van der Waals surface area contributed by atoms with Crippen LogP contribution in [0, 0.1) is 0 Å². The lowest BCUT2D eigenvalue weighted by Crippen LogP contribution is -2.36. The molecular weight excluding hydrogens is 184 g/mol. The van der Waals surface area contributed by atoms with Crippen molar-refractivity contribution in [3.63, 3.8) is 0 Å². The minimum Gasteiger partial charge on any atom is -0.343 e. The second kappa shape index (κ2) is 5.88. The van der Waals surface area contributed by atoms with Gasteiger partial charge >= 0.3 is 0 Å². The van der Waals surface area contributed by atoms with Crippen molar-refractivity contribution >= 4 is 11.6 Å². The zero-order chi connectivity index (χ0) is 11.3. The molecule has 0 N–H and O–H groups in total. The highest BCUT2D eigenvalue weighted by Crippen LogP contribution is 2.05. The van der Waals surface area contributed by atoms with Gasteiger partial charge in [0.15, 0.2) is 0 Å². The topological polar surface area (TPSA) is 52.6 Å². The molecule has 0 spiro atoms. The van der Waals surface area contributed by atoms with Gasteiger partial charge in [0.05, 0.1) is 12.2 Å². The van der Waals surface area contributed by atoms with Crippen molar-refractivity contribution in [1.82, 2.24) is 0 Å². The van der Waals surface area contributed by atoms with Crippen LogP contribution in [0.1, 0.15) is 34.6 Å². The molecule has 14 heavy (non-hydrogen) atoms. The number of rotatable bonds is 6. The number of ether oxygens (including phenoxy) is 2. The number of Topliss-reactive ketones (excluding diaryl/α,β-unsaturated/α-hetero) is 2. The molecule has 0 saturated heterocycles. The van der Waals surface area contributed by atoms with Gasteiger partial charge in [0.1, 0.15) is 0 Å². The molecule has 0 saturated carbocycles. The highest BCUT2D eigenvalue weighted by molar-refractivity contribution is 6.37. The van der Waals surface area contributed by atoms with E-state index in [2.05, 4.69) is 0 Å². The molecule has 0 radical (unpaired) electrons. The first-order chi connectivity index (χ1) is 6.34. The number of hydrogen-bond donors (Lipinski definition) is 0. The van der Waals surface area contributed by atoms with Crippen LogP contribution in [0.25, 0.3) is 0 Å². The number of hydrogen-bond acceptors (Lipinski definition) is 4. The molecule has 0 fully saturated rings. The molecule has 0 aromatic heterocycles. The van der Waals surface area contributed by atoms with E-state index < -0.39 is 17.9 Å². The van der Waals surface area contributed by atoms with E-state index >= 15 is 0 Å². The minimum atomic E-state index is -1.06. The van der Waals surface area contributed by atoms with Gasteiger partial charge in [-0.1, -0.05) is 0 Å². The summed E-state index contributed by atoms with van der Waals surface area (Å²) in [5.74, 6) is -1.18. The van der Waals surface area contributed by atoms with E-state index in [0.717, 1.165) is 0 Å². The van der Waals surface area contributed by atoms with Crippen LogP contribution in [-0.2, 0) is 19.1 Å². The van der Waals surface area contributed by atoms with Gasteiger partial charge in [0.2, 0.25) is 12.1 Å². The molecule has 82 valence electrons. The summed E-state index contributed by atoms with van der Waals surface area (Å²) in [6.45, 7) is 8.34. The van der Waals surface area contributed by atoms with Gasteiger partial charge in [-0.2, -0.15) is 0 Å². The van der Waals surface area contributed by atoms with Gasteiger partial charge in [0, 0.05) is 6.92 Å². The van der Waals surface area contributed by atoms with Gasteiger partial charge in [-0.05, 0) is 27.7 Å². The number of carbonyl (C=O) groups excluding carboxylic acids is 2. The van der Waals surface area contributed by atoms with E-state index in [1.54, 1.807) is 27.7 Å². The van der Waals surface area contributed by atoms with Crippen LogP contribution < -0.4 is 0 Å². The zero-order valence-corrected chi connectivity index (χ0v) is 9.37. The predicted octanol–water partition coefficient (Wildman–Crippen LogP) is 1.32. The van der Waals surface area contributed by atoms with Crippen LogP contribution >= 0.6 is 0 Å². The summed E-state index contributed by atoms with van der Waals surface area (Å²) in [7, 11) is 0. The highest BCUT2D eigenvalue weighted by Gasteiger charge is 2.25. The van der Waals surface area contributed by atoms with Crippen molar-refractivity contribution in [2.24, 2.45) is 0 Å². The van der Waals surface area contributed by atoms with E-state index in [0.29, 0.717) is 0 Å². The predicted molar refractivity (Wildman–Crippen MR) is 51.9 cm³/mol. The molecule has 0 aromatic rings. The summed E-state index contributed by atoms with van der Waals surface area (Å²) in [5.41, 5.74) is 0.